The van der Waals surface area contributed by atoms with E-state index in [0.717, 1.165) is 0 Å². The van der Waals surface area contributed by atoms with Crippen molar-refractivity contribution in [3.05, 3.63) is 30.6 Å². The highest BCUT2D eigenvalue weighted by Gasteiger charge is 2.12. The monoisotopic (exact) mass is 185 g/mol. The summed E-state index contributed by atoms with van der Waals surface area (Å²) in [7, 11) is 0. The summed E-state index contributed by atoms with van der Waals surface area (Å²) < 4.78 is 0. The molecule has 0 fully saturated rings. The topological polar surface area (TPSA) is 62.3 Å². The number of aliphatic imine (C=N–C) groups is 4. The summed E-state index contributed by atoms with van der Waals surface area (Å²) in [6.07, 6.45) is 6.40. The van der Waals surface area contributed by atoms with Gasteiger partial charge in [-0.25, -0.2) is 20.0 Å². The highest BCUT2D eigenvalue weighted by atomic mass is 15.2. The Balaban J connectivity index is 0.000000112. The molecule has 0 aliphatic carbocycles. The van der Waals surface area contributed by atoms with Gasteiger partial charge in [0.1, 0.15) is 12.7 Å². The molecular formula is C9H7N5. The number of fused-ring (bicyclic) bond motifs is 1. The Morgan fingerprint density at radius 2 is 1.29 bits per heavy atom. The van der Waals surface area contributed by atoms with Gasteiger partial charge in [0.25, 0.3) is 0 Å². The molecule has 1 aromatic heterocycles. The molecule has 5 nitrogen and oxygen atoms in total. The average Bonchev–Trinajstić information content (AvgIpc) is 2.82. The van der Waals surface area contributed by atoms with Crippen LogP contribution in [0.4, 0.5) is 0 Å². The van der Waals surface area contributed by atoms with Gasteiger partial charge in [-0.3, -0.25) is 4.98 Å². The number of hydrogen-bond donors (Lipinski definition) is 0. The largest absolute Gasteiger partial charge is 0.265 e. The third-order valence-corrected chi connectivity index (χ3v) is 1.49. The van der Waals surface area contributed by atoms with Crippen molar-refractivity contribution in [1.82, 2.24) is 4.98 Å². The molecule has 1 aromatic rings. The first kappa shape index (κ1) is 8.43. The van der Waals surface area contributed by atoms with Gasteiger partial charge >= 0.3 is 0 Å². The first-order valence-corrected chi connectivity index (χ1v) is 4.03. The van der Waals surface area contributed by atoms with E-state index >= 15 is 0 Å². The maximum atomic E-state index is 3.79. The van der Waals surface area contributed by atoms with Gasteiger partial charge in [-0.2, -0.15) is 0 Å². The van der Waals surface area contributed by atoms with E-state index in [1.54, 1.807) is 12.4 Å². The van der Waals surface area contributed by atoms with E-state index in [0.29, 0.717) is 11.7 Å². The second kappa shape index (κ2) is 4.18. The van der Waals surface area contributed by atoms with E-state index in [1.807, 2.05) is 18.2 Å². The molecule has 0 N–H and O–H groups in total. The van der Waals surface area contributed by atoms with Gasteiger partial charge in [-0.15, -0.1) is 0 Å². The van der Waals surface area contributed by atoms with Crippen molar-refractivity contribution in [1.29, 1.82) is 0 Å². The van der Waals surface area contributed by atoms with Crippen molar-refractivity contribution >= 4 is 24.3 Å². The van der Waals surface area contributed by atoms with Crippen LogP contribution in [-0.2, 0) is 0 Å². The lowest BCUT2D eigenvalue weighted by Gasteiger charge is -1.76. The van der Waals surface area contributed by atoms with Crippen LogP contribution in [0.25, 0.3) is 0 Å². The van der Waals surface area contributed by atoms with Crippen LogP contribution in [0.1, 0.15) is 0 Å². The summed E-state index contributed by atoms with van der Waals surface area (Å²) in [5, 5.41) is 0. The molecule has 3 heterocycles. The molecule has 0 saturated heterocycles. The van der Waals surface area contributed by atoms with Gasteiger partial charge < -0.3 is 0 Å². The van der Waals surface area contributed by atoms with Crippen molar-refractivity contribution in [3.8, 4) is 0 Å². The van der Waals surface area contributed by atoms with Gasteiger partial charge in [-0.05, 0) is 12.1 Å². The van der Waals surface area contributed by atoms with Crippen LogP contribution in [-0.4, -0.2) is 29.3 Å². The highest BCUT2D eigenvalue weighted by molar-refractivity contribution is 6.49. The van der Waals surface area contributed by atoms with Gasteiger partial charge in [-0.1, -0.05) is 6.07 Å². The van der Waals surface area contributed by atoms with E-state index in [9.17, 15) is 0 Å². The fourth-order valence-corrected chi connectivity index (χ4v) is 0.887. The number of rotatable bonds is 0. The van der Waals surface area contributed by atoms with Crippen LogP contribution < -0.4 is 0 Å². The molecule has 2 aliphatic rings. The highest BCUT2D eigenvalue weighted by Crippen LogP contribution is 1.99. The van der Waals surface area contributed by atoms with Crippen LogP contribution in [0.5, 0.6) is 0 Å². The summed E-state index contributed by atoms with van der Waals surface area (Å²) in [4.78, 5) is 19.0. The number of amidine groups is 2. The smallest absolute Gasteiger partial charge is 0.200 e. The predicted octanol–water partition coefficient (Wildman–Crippen LogP) is 0.949. The third kappa shape index (κ3) is 1.95. The molecule has 0 spiro atoms. The number of nitrogens with zero attached hydrogens (tertiary/aromatic N) is 5. The minimum atomic E-state index is 0.630. The van der Waals surface area contributed by atoms with E-state index < -0.39 is 0 Å². The average molecular weight is 185 g/mol. The Labute approximate surface area is 80.7 Å². The number of pyridine rings is 1. The van der Waals surface area contributed by atoms with E-state index in [1.165, 1.54) is 12.7 Å². The molecule has 14 heavy (non-hydrogen) atoms. The molecule has 0 amide bonds. The van der Waals surface area contributed by atoms with Gasteiger partial charge in [0, 0.05) is 12.4 Å². The third-order valence-electron chi connectivity index (χ3n) is 1.49. The van der Waals surface area contributed by atoms with E-state index in [-0.39, 0.29) is 0 Å². The maximum absolute atomic E-state index is 3.79. The Hall–Kier alpha value is -2.17. The van der Waals surface area contributed by atoms with Crippen molar-refractivity contribution in [2.45, 2.75) is 0 Å². The lowest BCUT2D eigenvalue weighted by Crippen LogP contribution is -1.97. The summed E-state index contributed by atoms with van der Waals surface area (Å²) >= 11 is 0. The van der Waals surface area contributed by atoms with Crippen LogP contribution in [0.2, 0.25) is 0 Å². The van der Waals surface area contributed by atoms with Crippen molar-refractivity contribution in [3.63, 3.8) is 0 Å². The summed E-state index contributed by atoms with van der Waals surface area (Å²) in [6.45, 7) is 0. The zero-order valence-electron chi connectivity index (χ0n) is 7.28. The Kier molecular flexibility index (Phi) is 2.51. The lowest BCUT2D eigenvalue weighted by molar-refractivity contribution is 1.33. The standard InChI is InChI=1S/C5H5N.C4H2N4/c1-2-4-6-5-3-1;1-5-3-4(6-1)8-2-7-3/h1-5H;1-2H. The van der Waals surface area contributed by atoms with Crippen LogP contribution in [0, 0.1) is 0 Å². The van der Waals surface area contributed by atoms with Crippen molar-refractivity contribution in [2.24, 2.45) is 20.0 Å². The Morgan fingerprint density at radius 1 is 0.714 bits per heavy atom. The molecule has 0 bridgehead atoms. The minimum absolute atomic E-state index is 0.630. The fourth-order valence-electron chi connectivity index (χ4n) is 0.887. The van der Waals surface area contributed by atoms with Gasteiger partial charge in [0.2, 0.25) is 11.7 Å². The quantitative estimate of drug-likeness (QED) is 0.593. The molecule has 0 unspecified atom stereocenters. The molecule has 3 rings (SSSR count). The fraction of sp³-hybridized carbons (Fsp3) is 0. The first-order valence-electron chi connectivity index (χ1n) is 4.03. The minimum Gasteiger partial charge on any atom is -0.265 e. The Morgan fingerprint density at radius 3 is 1.64 bits per heavy atom. The van der Waals surface area contributed by atoms with Crippen LogP contribution in [0.3, 0.4) is 0 Å². The van der Waals surface area contributed by atoms with Gasteiger partial charge in [0.15, 0.2) is 0 Å². The summed E-state index contributed by atoms with van der Waals surface area (Å²) in [6, 6.07) is 5.72. The Bertz CT molecular complexity index is 363. The maximum Gasteiger partial charge on any atom is 0.200 e. The van der Waals surface area contributed by atoms with Crippen molar-refractivity contribution < 1.29 is 0 Å². The lowest BCUT2D eigenvalue weighted by atomic mass is 10.5. The molecule has 0 radical (unpaired) electrons. The molecular weight excluding hydrogens is 178 g/mol. The second-order valence-electron chi connectivity index (χ2n) is 2.42. The first-order chi connectivity index (χ1) is 6.97. The summed E-state index contributed by atoms with van der Waals surface area (Å²) in [5.74, 6) is 1.26. The predicted molar refractivity (Wildman–Crippen MR) is 56.1 cm³/mol. The van der Waals surface area contributed by atoms with Crippen LogP contribution >= 0.6 is 0 Å². The van der Waals surface area contributed by atoms with E-state index in [4.69, 9.17) is 0 Å². The van der Waals surface area contributed by atoms with E-state index in [2.05, 4.69) is 25.0 Å². The number of aromatic nitrogens is 1. The zero-order chi connectivity index (χ0) is 9.64. The zero-order valence-corrected chi connectivity index (χ0v) is 7.28. The molecule has 2 aliphatic heterocycles. The molecule has 5 heteroatoms. The molecule has 0 aromatic carbocycles. The second-order valence-corrected chi connectivity index (χ2v) is 2.42. The molecule has 0 saturated carbocycles. The van der Waals surface area contributed by atoms with Gasteiger partial charge in [0.05, 0.1) is 0 Å². The number of hydrogen-bond acceptors (Lipinski definition) is 5. The molecule has 0 atom stereocenters. The molecule has 68 valence electrons. The van der Waals surface area contributed by atoms with Crippen molar-refractivity contribution in [2.75, 3.05) is 0 Å². The SMILES string of the molecule is C1=NC2=NC=NC2=N1.c1ccncc1. The summed E-state index contributed by atoms with van der Waals surface area (Å²) in [5.41, 5.74) is 0. The van der Waals surface area contributed by atoms with Crippen LogP contribution in [0.15, 0.2) is 50.6 Å². The normalized spacial score (nSPS) is 15.4.